The SMILES string of the molecule is C=C/C=C\C=C(/C)N(C(=O)N1C[C@@H]2CC[C@H]([C@H]1C(=O)O)N2C(=O)N1CCCCC1c1ccccc1)c1ccccc1. The van der Waals surface area contributed by atoms with Gasteiger partial charge in [-0.15, -0.1) is 0 Å². The van der Waals surface area contributed by atoms with Crippen molar-refractivity contribution < 1.29 is 19.5 Å². The molecule has 8 nitrogen and oxygen atoms in total. The highest BCUT2D eigenvalue weighted by atomic mass is 16.4. The lowest BCUT2D eigenvalue weighted by molar-refractivity contribution is -0.146. The van der Waals surface area contributed by atoms with Crippen LogP contribution < -0.4 is 4.90 Å². The summed E-state index contributed by atoms with van der Waals surface area (Å²) in [4.78, 5) is 47.9. The first-order valence-electron chi connectivity index (χ1n) is 14.4. The molecule has 4 atom stereocenters. The lowest BCUT2D eigenvalue weighted by atomic mass is 9.95. The summed E-state index contributed by atoms with van der Waals surface area (Å²) in [6.07, 6.45) is 11.1. The van der Waals surface area contributed by atoms with Gasteiger partial charge in [-0.2, -0.15) is 0 Å². The zero-order valence-corrected chi connectivity index (χ0v) is 23.5. The number of carbonyl (C=O) groups excluding carboxylic acids is 2. The minimum Gasteiger partial charge on any atom is -0.480 e. The van der Waals surface area contributed by atoms with E-state index in [1.807, 2.05) is 60.4 Å². The number of allylic oxidation sites excluding steroid dienone is 5. The number of carbonyl (C=O) groups is 3. The number of amides is 4. The average Bonchev–Trinajstić information content (AvgIpc) is 3.29. The highest BCUT2D eigenvalue weighted by Crippen LogP contribution is 2.39. The van der Waals surface area contributed by atoms with Gasteiger partial charge in [0, 0.05) is 18.8 Å². The van der Waals surface area contributed by atoms with Crippen LogP contribution in [0, 0.1) is 0 Å². The summed E-state index contributed by atoms with van der Waals surface area (Å²) < 4.78 is 0. The Balaban J connectivity index is 1.45. The van der Waals surface area contributed by atoms with E-state index in [-0.39, 0.29) is 24.7 Å². The Morgan fingerprint density at radius 3 is 2.32 bits per heavy atom. The Morgan fingerprint density at radius 1 is 0.927 bits per heavy atom. The van der Waals surface area contributed by atoms with E-state index in [1.54, 1.807) is 34.1 Å². The van der Waals surface area contributed by atoms with Crippen LogP contribution in [0.5, 0.6) is 0 Å². The van der Waals surface area contributed by atoms with E-state index in [4.69, 9.17) is 0 Å². The van der Waals surface area contributed by atoms with Gasteiger partial charge in [0.2, 0.25) is 0 Å². The monoisotopic (exact) mass is 554 g/mol. The molecule has 3 fully saturated rings. The van der Waals surface area contributed by atoms with Crippen molar-refractivity contribution in [2.75, 3.05) is 18.0 Å². The highest BCUT2D eigenvalue weighted by molar-refractivity contribution is 5.98. The number of carboxylic acids is 1. The van der Waals surface area contributed by atoms with Crippen LogP contribution in [-0.2, 0) is 4.79 Å². The molecule has 0 spiro atoms. The van der Waals surface area contributed by atoms with Gasteiger partial charge in [-0.1, -0.05) is 73.3 Å². The molecular formula is C33H38N4O4. The van der Waals surface area contributed by atoms with E-state index in [1.165, 1.54) is 4.90 Å². The third-order valence-corrected chi connectivity index (χ3v) is 8.45. The van der Waals surface area contributed by atoms with Crippen LogP contribution in [0.4, 0.5) is 15.3 Å². The molecule has 2 aromatic carbocycles. The van der Waals surface area contributed by atoms with Crippen LogP contribution >= 0.6 is 0 Å². The molecule has 1 N–H and O–H groups in total. The third-order valence-electron chi connectivity index (χ3n) is 8.45. The maximum atomic E-state index is 14.2. The summed E-state index contributed by atoms with van der Waals surface area (Å²) in [5.74, 6) is -1.10. The second-order valence-electron chi connectivity index (χ2n) is 10.9. The molecule has 214 valence electrons. The van der Waals surface area contributed by atoms with Crippen molar-refractivity contribution >= 4 is 23.7 Å². The summed E-state index contributed by atoms with van der Waals surface area (Å²) in [7, 11) is 0. The summed E-state index contributed by atoms with van der Waals surface area (Å²) in [5.41, 5.74) is 2.39. The van der Waals surface area contributed by atoms with Crippen molar-refractivity contribution in [3.05, 3.63) is 103 Å². The van der Waals surface area contributed by atoms with Gasteiger partial charge in [0.15, 0.2) is 6.04 Å². The van der Waals surface area contributed by atoms with Gasteiger partial charge in [-0.25, -0.2) is 14.4 Å². The fourth-order valence-electron chi connectivity index (χ4n) is 6.59. The Hall–Kier alpha value is -4.33. The van der Waals surface area contributed by atoms with E-state index in [0.717, 1.165) is 24.8 Å². The Bertz CT molecular complexity index is 1330. The number of anilines is 1. The number of piperidine rings is 1. The molecule has 0 saturated carbocycles. The number of fused-ring (bicyclic) bond motifs is 2. The molecule has 2 aromatic rings. The van der Waals surface area contributed by atoms with Crippen molar-refractivity contribution in [3.8, 4) is 0 Å². The number of benzene rings is 2. The molecule has 0 radical (unpaired) electrons. The van der Waals surface area contributed by atoms with Crippen LogP contribution in [0.15, 0.2) is 97.2 Å². The van der Waals surface area contributed by atoms with Gasteiger partial charge in [-0.05, 0) is 62.8 Å². The summed E-state index contributed by atoms with van der Waals surface area (Å²) >= 11 is 0. The standard InChI is InChI=1S/C33H38N4O4/c1-3-4-7-14-24(2)36(26-17-10-6-11-18-26)33(41)35-23-27-20-21-29(30(35)31(38)39)37(27)32(40)34-22-13-12-19-28(34)25-15-8-5-9-16-25/h3-11,14-18,27-30H,1,12-13,19-23H2,2H3,(H,38,39)/b7-4-,24-14+/t27-,28?,29+,30-/m0/s1. The minimum absolute atomic E-state index is 0.0373. The molecule has 3 heterocycles. The molecule has 3 aliphatic heterocycles. The second kappa shape index (κ2) is 12.5. The fourth-order valence-corrected chi connectivity index (χ4v) is 6.59. The number of piperazine rings is 1. The largest absolute Gasteiger partial charge is 0.480 e. The van der Waals surface area contributed by atoms with Crippen molar-refractivity contribution in [2.24, 2.45) is 0 Å². The van der Waals surface area contributed by atoms with E-state index >= 15 is 0 Å². The van der Waals surface area contributed by atoms with Crippen LogP contribution in [0.1, 0.15) is 50.6 Å². The molecule has 5 rings (SSSR count). The Labute approximate surface area is 241 Å². The summed E-state index contributed by atoms with van der Waals surface area (Å²) in [5, 5.41) is 10.5. The number of hydrogen-bond acceptors (Lipinski definition) is 3. The fraction of sp³-hybridized carbons (Fsp3) is 0.364. The second-order valence-corrected chi connectivity index (χ2v) is 10.9. The lowest BCUT2D eigenvalue weighted by Crippen LogP contribution is -2.68. The molecule has 3 saturated heterocycles. The zero-order valence-electron chi connectivity index (χ0n) is 23.5. The number of hydrogen-bond donors (Lipinski definition) is 1. The number of likely N-dealkylation sites (tertiary alicyclic amines) is 2. The van der Waals surface area contributed by atoms with Crippen molar-refractivity contribution in [1.82, 2.24) is 14.7 Å². The topological polar surface area (TPSA) is 84.4 Å². The van der Waals surface area contributed by atoms with E-state index in [9.17, 15) is 19.5 Å². The lowest BCUT2D eigenvalue weighted by Gasteiger charge is -2.49. The minimum atomic E-state index is -1.15. The molecule has 41 heavy (non-hydrogen) atoms. The summed E-state index contributed by atoms with van der Waals surface area (Å²) in [6.45, 7) is 6.32. The van der Waals surface area contributed by atoms with Crippen LogP contribution in [0.25, 0.3) is 0 Å². The van der Waals surface area contributed by atoms with E-state index in [2.05, 4.69) is 18.7 Å². The van der Waals surface area contributed by atoms with Crippen LogP contribution in [0.2, 0.25) is 0 Å². The van der Waals surface area contributed by atoms with Gasteiger partial charge in [-0.3, -0.25) is 4.90 Å². The predicted molar refractivity (Wildman–Crippen MR) is 159 cm³/mol. The number of urea groups is 2. The van der Waals surface area contributed by atoms with Gasteiger partial charge in [0.25, 0.3) is 0 Å². The predicted octanol–water partition coefficient (Wildman–Crippen LogP) is 6.21. The number of nitrogens with zero attached hydrogens (tertiary/aromatic N) is 4. The van der Waals surface area contributed by atoms with E-state index in [0.29, 0.717) is 30.8 Å². The Morgan fingerprint density at radius 2 is 1.63 bits per heavy atom. The Kier molecular flexibility index (Phi) is 8.57. The van der Waals surface area contributed by atoms with Crippen molar-refractivity contribution in [3.63, 3.8) is 0 Å². The van der Waals surface area contributed by atoms with E-state index < -0.39 is 24.1 Å². The quantitative estimate of drug-likeness (QED) is 0.431. The molecule has 1 unspecified atom stereocenters. The first-order chi connectivity index (χ1) is 19.9. The number of aliphatic carboxylic acids is 1. The number of para-hydroxylation sites is 1. The number of carboxylic acid groups (broad SMARTS) is 1. The maximum Gasteiger partial charge on any atom is 0.329 e. The zero-order chi connectivity index (χ0) is 28.9. The average molecular weight is 555 g/mol. The van der Waals surface area contributed by atoms with Gasteiger partial charge < -0.3 is 19.8 Å². The smallest absolute Gasteiger partial charge is 0.329 e. The normalized spacial score (nSPS) is 24.4. The van der Waals surface area contributed by atoms with Gasteiger partial charge in [0.05, 0.1) is 23.8 Å². The van der Waals surface area contributed by atoms with Crippen molar-refractivity contribution in [1.29, 1.82) is 0 Å². The molecule has 2 bridgehead atoms. The molecular weight excluding hydrogens is 516 g/mol. The highest BCUT2D eigenvalue weighted by Gasteiger charge is 2.54. The number of rotatable bonds is 6. The van der Waals surface area contributed by atoms with Crippen LogP contribution in [-0.4, -0.2) is 69.1 Å². The maximum absolute atomic E-state index is 14.2. The van der Waals surface area contributed by atoms with Gasteiger partial charge >= 0.3 is 18.0 Å². The molecule has 3 aliphatic rings. The van der Waals surface area contributed by atoms with Crippen LogP contribution in [0.3, 0.4) is 0 Å². The molecule has 4 amide bonds. The molecule has 0 aromatic heterocycles. The van der Waals surface area contributed by atoms with Gasteiger partial charge in [0.1, 0.15) is 0 Å². The summed E-state index contributed by atoms with van der Waals surface area (Å²) in [6, 6.07) is 16.7. The van der Waals surface area contributed by atoms with Crippen molar-refractivity contribution in [2.45, 2.75) is 63.2 Å². The molecule has 0 aliphatic carbocycles. The third kappa shape index (κ3) is 5.64. The first-order valence-corrected chi connectivity index (χ1v) is 14.4. The molecule has 8 heteroatoms. The first kappa shape index (κ1) is 28.2.